The van der Waals surface area contributed by atoms with Crippen LogP contribution in [-0.2, 0) is 4.79 Å². The van der Waals surface area contributed by atoms with Gasteiger partial charge in [0.15, 0.2) is 0 Å². The molecule has 0 fully saturated rings. The summed E-state index contributed by atoms with van der Waals surface area (Å²) in [6, 6.07) is 7.50. The summed E-state index contributed by atoms with van der Waals surface area (Å²) in [4.78, 5) is 10.9. The summed E-state index contributed by atoms with van der Waals surface area (Å²) < 4.78 is 6.42. The molecule has 5 nitrogen and oxygen atoms in total. The average molecular weight is 328 g/mol. The number of primary amides is 1. The van der Waals surface area contributed by atoms with Gasteiger partial charge in [-0.25, -0.2) is 0 Å². The third-order valence-electron chi connectivity index (χ3n) is 2.18. The number of hydrogen-bond donors (Lipinski definition) is 1. The highest BCUT2D eigenvalue weighted by Crippen LogP contribution is 2.26. The van der Waals surface area contributed by atoms with Gasteiger partial charge < -0.3 is 10.2 Å². The fraction of sp³-hybridized carbons (Fsp3) is 0.182. The quantitative estimate of drug-likeness (QED) is 0.872. The van der Waals surface area contributed by atoms with Crippen molar-refractivity contribution in [3.05, 3.63) is 28.7 Å². The molecular weight excluding hydrogens is 318 g/mol. The molecule has 7 heteroatoms. The summed E-state index contributed by atoms with van der Waals surface area (Å²) in [7, 11) is 0. The van der Waals surface area contributed by atoms with Crippen LogP contribution in [0.15, 0.2) is 38.4 Å². The van der Waals surface area contributed by atoms with Gasteiger partial charge in [0.2, 0.25) is 11.8 Å². The highest BCUT2D eigenvalue weighted by atomic mass is 79.9. The van der Waals surface area contributed by atoms with Gasteiger partial charge in [0.1, 0.15) is 0 Å². The standard InChI is InChI=1S/C11H10BrN3O2S/c1-6(9(13)16)18-11-15-14-10(17-11)7-2-4-8(12)5-3-7/h2-6H,1H3,(H2,13,16). The first kappa shape index (κ1) is 13.1. The molecule has 1 unspecified atom stereocenters. The van der Waals surface area contributed by atoms with Crippen molar-refractivity contribution < 1.29 is 9.21 Å². The molecule has 18 heavy (non-hydrogen) atoms. The molecule has 1 aromatic heterocycles. The monoisotopic (exact) mass is 327 g/mol. The lowest BCUT2D eigenvalue weighted by Crippen LogP contribution is -2.22. The van der Waals surface area contributed by atoms with Crippen LogP contribution in [0, 0.1) is 0 Å². The highest BCUT2D eigenvalue weighted by molar-refractivity contribution is 9.10. The Morgan fingerprint density at radius 3 is 2.67 bits per heavy atom. The maximum absolute atomic E-state index is 10.9. The van der Waals surface area contributed by atoms with Gasteiger partial charge in [0.25, 0.3) is 5.22 Å². The number of carbonyl (C=O) groups excluding carboxylic acids is 1. The van der Waals surface area contributed by atoms with Crippen LogP contribution in [-0.4, -0.2) is 21.4 Å². The molecule has 1 heterocycles. The molecule has 0 aliphatic carbocycles. The van der Waals surface area contributed by atoms with Gasteiger partial charge in [-0.1, -0.05) is 27.7 Å². The summed E-state index contributed by atoms with van der Waals surface area (Å²) in [5, 5.41) is 7.72. The van der Waals surface area contributed by atoms with E-state index in [4.69, 9.17) is 10.2 Å². The number of hydrogen-bond acceptors (Lipinski definition) is 5. The Balaban J connectivity index is 2.15. The smallest absolute Gasteiger partial charge is 0.277 e. The minimum absolute atomic E-state index is 0.333. The minimum atomic E-state index is -0.414. The van der Waals surface area contributed by atoms with Crippen molar-refractivity contribution in [3.63, 3.8) is 0 Å². The third-order valence-corrected chi connectivity index (χ3v) is 3.66. The molecular formula is C11H10BrN3O2S. The normalized spacial score (nSPS) is 12.3. The van der Waals surface area contributed by atoms with Gasteiger partial charge >= 0.3 is 0 Å². The largest absolute Gasteiger partial charge is 0.411 e. The number of aromatic nitrogens is 2. The summed E-state index contributed by atoms with van der Waals surface area (Å²) in [6.45, 7) is 1.69. The zero-order valence-corrected chi connectivity index (χ0v) is 11.9. The van der Waals surface area contributed by atoms with Gasteiger partial charge in [-0.15, -0.1) is 10.2 Å². The topological polar surface area (TPSA) is 82.0 Å². The van der Waals surface area contributed by atoms with E-state index in [-0.39, 0.29) is 0 Å². The predicted molar refractivity (Wildman–Crippen MR) is 71.9 cm³/mol. The molecule has 0 aliphatic rings. The molecule has 0 radical (unpaired) electrons. The van der Waals surface area contributed by atoms with E-state index < -0.39 is 11.2 Å². The van der Waals surface area contributed by atoms with Crippen molar-refractivity contribution in [2.24, 2.45) is 5.73 Å². The van der Waals surface area contributed by atoms with Gasteiger partial charge in [-0.3, -0.25) is 4.79 Å². The molecule has 0 saturated heterocycles. The first-order chi connectivity index (χ1) is 8.56. The molecule has 2 N–H and O–H groups in total. The Morgan fingerprint density at radius 1 is 1.39 bits per heavy atom. The maximum Gasteiger partial charge on any atom is 0.277 e. The van der Waals surface area contributed by atoms with E-state index in [2.05, 4.69) is 26.1 Å². The number of nitrogens with two attached hydrogens (primary N) is 1. The van der Waals surface area contributed by atoms with Gasteiger partial charge in [0, 0.05) is 10.0 Å². The van der Waals surface area contributed by atoms with Crippen LogP contribution < -0.4 is 5.73 Å². The second kappa shape index (κ2) is 5.53. The van der Waals surface area contributed by atoms with Crippen molar-refractivity contribution in [1.82, 2.24) is 10.2 Å². The Bertz CT molecular complexity index is 556. The first-order valence-corrected chi connectivity index (χ1v) is 6.79. The van der Waals surface area contributed by atoms with Crippen LogP contribution in [0.2, 0.25) is 0 Å². The Kier molecular flexibility index (Phi) is 4.03. The number of carbonyl (C=O) groups is 1. The second-order valence-corrected chi connectivity index (χ2v) is 5.75. The van der Waals surface area contributed by atoms with Crippen molar-refractivity contribution in [2.45, 2.75) is 17.4 Å². The van der Waals surface area contributed by atoms with Crippen LogP contribution in [0.5, 0.6) is 0 Å². The number of amides is 1. The van der Waals surface area contributed by atoms with E-state index in [1.807, 2.05) is 24.3 Å². The molecule has 1 aromatic carbocycles. The summed E-state index contributed by atoms with van der Waals surface area (Å²) in [6.07, 6.45) is 0. The fourth-order valence-corrected chi connectivity index (χ4v) is 2.07. The molecule has 94 valence electrons. The van der Waals surface area contributed by atoms with Gasteiger partial charge in [-0.2, -0.15) is 0 Å². The second-order valence-electron chi connectivity index (χ2n) is 3.54. The maximum atomic E-state index is 10.9. The predicted octanol–water partition coefficient (Wildman–Crippen LogP) is 2.47. The van der Waals surface area contributed by atoms with E-state index in [1.54, 1.807) is 6.92 Å². The molecule has 1 atom stereocenters. The molecule has 0 bridgehead atoms. The fourth-order valence-electron chi connectivity index (χ4n) is 1.18. The SMILES string of the molecule is CC(Sc1nnc(-c2ccc(Br)cc2)o1)C(N)=O. The molecule has 1 amide bonds. The van der Waals surface area contributed by atoms with Gasteiger partial charge in [0.05, 0.1) is 5.25 Å². The average Bonchev–Trinajstić information content (AvgIpc) is 2.78. The lowest BCUT2D eigenvalue weighted by atomic mass is 10.2. The van der Waals surface area contributed by atoms with Gasteiger partial charge in [-0.05, 0) is 31.2 Å². The van der Waals surface area contributed by atoms with Crippen LogP contribution in [0.1, 0.15) is 6.92 Å². The van der Waals surface area contributed by atoms with Crippen molar-refractivity contribution in [2.75, 3.05) is 0 Å². The summed E-state index contributed by atoms with van der Waals surface area (Å²) in [5.41, 5.74) is 5.99. The number of thioether (sulfide) groups is 1. The van der Waals surface area contributed by atoms with Crippen molar-refractivity contribution >= 4 is 33.6 Å². The molecule has 0 saturated carbocycles. The number of halogens is 1. The Hall–Kier alpha value is -1.34. The lowest BCUT2D eigenvalue weighted by molar-refractivity contribution is -0.117. The van der Waals surface area contributed by atoms with E-state index in [1.165, 1.54) is 0 Å². The van der Waals surface area contributed by atoms with Crippen molar-refractivity contribution in [1.29, 1.82) is 0 Å². The van der Waals surface area contributed by atoms with Crippen LogP contribution >= 0.6 is 27.7 Å². The molecule has 0 spiro atoms. The number of nitrogens with zero attached hydrogens (tertiary/aromatic N) is 2. The lowest BCUT2D eigenvalue weighted by Gasteiger charge is -2.00. The number of rotatable bonds is 4. The molecule has 0 aliphatic heterocycles. The highest BCUT2D eigenvalue weighted by Gasteiger charge is 2.16. The Morgan fingerprint density at radius 2 is 2.06 bits per heavy atom. The third kappa shape index (κ3) is 3.11. The van der Waals surface area contributed by atoms with Crippen LogP contribution in [0.3, 0.4) is 0 Å². The van der Waals surface area contributed by atoms with E-state index in [0.29, 0.717) is 11.1 Å². The number of benzene rings is 1. The summed E-state index contributed by atoms with van der Waals surface area (Å²) in [5.74, 6) is 0.00469. The minimum Gasteiger partial charge on any atom is -0.411 e. The Labute approximate surface area is 116 Å². The van der Waals surface area contributed by atoms with Crippen LogP contribution in [0.4, 0.5) is 0 Å². The molecule has 2 aromatic rings. The first-order valence-electron chi connectivity index (χ1n) is 5.11. The van der Waals surface area contributed by atoms with E-state index in [9.17, 15) is 4.79 Å². The molecule has 2 rings (SSSR count). The zero-order valence-electron chi connectivity index (χ0n) is 9.46. The zero-order chi connectivity index (χ0) is 13.1. The summed E-state index contributed by atoms with van der Waals surface area (Å²) >= 11 is 4.50. The van der Waals surface area contributed by atoms with E-state index in [0.717, 1.165) is 21.8 Å². The van der Waals surface area contributed by atoms with E-state index >= 15 is 0 Å². The van der Waals surface area contributed by atoms with Crippen molar-refractivity contribution in [3.8, 4) is 11.5 Å². The van der Waals surface area contributed by atoms with Crippen LogP contribution in [0.25, 0.3) is 11.5 Å².